The van der Waals surface area contributed by atoms with Crippen LogP contribution in [0.4, 0.5) is 5.82 Å². The molecular weight excluding hydrogens is 392 g/mol. The maximum absolute atomic E-state index is 5.50. The maximum atomic E-state index is 5.50. The molecule has 4 heterocycles. The fourth-order valence-electron chi connectivity index (χ4n) is 4.12. The van der Waals surface area contributed by atoms with Crippen LogP contribution >= 0.6 is 0 Å². The van der Waals surface area contributed by atoms with Gasteiger partial charge < -0.3 is 9.42 Å². The van der Waals surface area contributed by atoms with E-state index in [0.717, 1.165) is 49.0 Å². The van der Waals surface area contributed by atoms with Gasteiger partial charge >= 0.3 is 0 Å². The highest BCUT2D eigenvalue weighted by Crippen LogP contribution is 2.39. The van der Waals surface area contributed by atoms with Crippen LogP contribution in [0.2, 0.25) is 0 Å². The first-order valence-electron chi connectivity index (χ1n) is 10.8. The molecule has 158 valence electrons. The first-order chi connectivity index (χ1) is 15.2. The Kier molecular flexibility index (Phi) is 4.41. The van der Waals surface area contributed by atoms with Crippen LogP contribution in [0.25, 0.3) is 17.0 Å². The van der Waals surface area contributed by atoms with E-state index in [1.807, 2.05) is 24.5 Å². The predicted molar refractivity (Wildman–Crippen MR) is 115 cm³/mol. The summed E-state index contributed by atoms with van der Waals surface area (Å²) >= 11 is 0. The van der Waals surface area contributed by atoms with Crippen LogP contribution in [0.3, 0.4) is 0 Å². The van der Waals surface area contributed by atoms with Gasteiger partial charge in [0.2, 0.25) is 17.4 Å². The summed E-state index contributed by atoms with van der Waals surface area (Å²) in [5.41, 5.74) is 3.05. The minimum absolute atomic E-state index is 0.557. The summed E-state index contributed by atoms with van der Waals surface area (Å²) in [5, 5.41) is 13.0. The van der Waals surface area contributed by atoms with Crippen LogP contribution < -0.4 is 4.90 Å². The third-order valence-electron chi connectivity index (χ3n) is 6.09. The van der Waals surface area contributed by atoms with E-state index < -0.39 is 0 Å². The lowest BCUT2D eigenvalue weighted by atomic mass is 10.1. The number of fused-ring (bicyclic) bond motifs is 1. The first-order valence-corrected chi connectivity index (χ1v) is 10.8. The van der Waals surface area contributed by atoms with Crippen molar-refractivity contribution in [1.29, 1.82) is 0 Å². The third-order valence-corrected chi connectivity index (χ3v) is 6.09. The zero-order valence-electron chi connectivity index (χ0n) is 17.5. The van der Waals surface area contributed by atoms with Crippen molar-refractivity contribution in [3.63, 3.8) is 0 Å². The van der Waals surface area contributed by atoms with Gasteiger partial charge in [0.05, 0.1) is 6.54 Å². The lowest BCUT2D eigenvalue weighted by Crippen LogP contribution is -2.46. The Morgan fingerprint density at radius 2 is 1.84 bits per heavy atom. The number of anilines is 1. The fraction of sp³-hybridized carbons (Fsp3) is 0.409. The number of aryl methyl sites for hydroxylation is 1. The largest absolute Gasteiger partial charge is 0.351 e. The van der Waals surface area contributed by atoms with Crippen molar-refractivity contribution in [1.82, 2.24) is 34.6 Å². The molecule has 0 bridgehead atoms. The molecule has 4 aromatic rings. The summed E-state index contributed by atoms with van der Waals surface area (Å²) in [7, 11) is 0. The SMILES string of the molecule is Cc1ccc(-c2noc(CN3CCN(c4nccn5c(C6CC6)nnc45)CC3)n2)cc1. The van der Waals surface area contributed by atoms with Gasteiger partial charge in [-0.3, -0.25) is 9.30 Å². The molecule has 31 heavy (non-hydrogen) atoms. The van der Waals surface area contributed by atoms with Crippen LogP contribution in [0.1, 0.15) is 36.0 Å². The van der Waals surface area contributed by atoms with Crippen molar-refractivity contribution >= 4 is 11.5 Å². The van der Waals surface area contributed by atoms with Crippen LogP contribution in [0, 0.1) is 6.92 Å². The zero-order chi connectivity index (χ0) is 20.8. The summed E-state index contributed by atoms with van der Waals surface area (Å²) in [6.45, 7) is 6.26. The van der Waals surface area contributed by atoms with Crippen molar-refractivity contribution in [2.24, 2.45) is 0 Å². The van der Waals surface area contributed by atoms with Crippen LogP contribution in [-0.2, 0) is 6.54 Å². The summed E-state index contributed by atoms with van der Waals surface area (Å²) in [6.07, 6.45) is 6.25. The molecule has 9 nitrogen and oxygen atoms in total. The Labute approximate surface area is 179 Å². The van der Waals surface area contributed by atoms with Gasteiger partial charge in [-0.15, -0.1) is 10.2 Å². The average Bonchev–Trinajstić information content (AvgIpc) is 3.37. The van der Waals surface area contributed by atoms with E-state index in [-0.39, 0.29) is 0 Å². The molecule has 0 atom stereocenters. The van der Waals surface area contributed by atoms with Crippen LogP contribution in [0.15, 0.2) is 41.2 Å². The minimum atomic E-state index is 0.557. The molecule has 1 aliphatic heterocycles. The summed E-state index contributed by atoms with van der Waals surface area (Å²) < 4.78 is 7.61. The monoisotopic (exact) mass is 416 g/mol. The van der Waals surface area contributed by atoms with Crippen molar-refractivity contribution < 1.29 is 4.52 Å². The molecule has 1 aromatic carbocycles. The average molecular weight is 416 g/mol. The van der Waals surface area contributed by atoms with Crippen molar-refractivity contribution in [3.05, 3.63) is 53.9 Å². The van der Waals surface area contributed by atoms with Gasteiger partial charge in [0.15, 0.2) is 5.82 Å². The molecule has 9 heteroatoms. The van der Waals surface area contributed by atoms with E-state index >= 15 is 0 Å². The van der Waals surface area contributed by atoms with Crippen LogP contribution in [0.5, 0.6) is 0 Å². The van der Waals surface area contributed by atoms with E-state index in [1.165, 1.54) is 18.4 Å². The molecule has 2 aliphatic rings. The number of benzene rings is 1. The molecule has 3 aromatic heterocycles. The minimum Gasteiger partial charge on any atom is -0.351 e. The predicted octanol–water partition coefficient (Wildman–Crippen LogP) is 2.68. The van der Waals surface area contributed by atoms with Gasteiger partial charge in [-0.2, -0.15) is 4.98 Å². The lowest BCUT2D eigenvalue weighted by molar-refractivity contribution is 0.215. The first kappa shape index (κ1) is 18.4. The molecule has 0 spiro atoms. The lowest BCUT2D eigenvalue weighted by Gasteiger charge is -2.34. The summed E-state index contributed by atoms with van der Waals surface area (Å²) in [4.78, 5) is 13.8. The number of nitrogens with zero attached hydrogens (tertiary/aromatic N) is 8. The van der Waals surface area contributed by atoms with Gasteiger partial charge in [0.25, 0.3) is 0 Å². The standard InChI is InChI=1S/C22H24N8O/c1-15-2-4-16(5-3-15)19-24-18(31-27-19)14-28-10-12-29(13-11-28)21-22-26-25-20(17-6-7-17)30(22)9-8-23-21/h2-5,8-9,17H,6-7,10-14H2,1H3. The van der Waals surface area contributed by atoms with Crippen molar-refractivity contribution in [3.8, 4) is 11.4 Å². The maximum Gasteiger partial charge on any atom is 0.241 e. The molecule has 1 aliphatic carbocycles. The van der Waals surface area contributed by atoms with Gasteiger partial charge in [-0.25, -0.2) is 4.98 Å². The second kappa shape index (κ2) is 7.42. The van der Waals surface area contributed by atoms with E-state index in [0.29, 0.717) is 24.2 Å². The number of aromatic nitrogens is 6. The molecule has 2 fully saturated rings. The van der Waals surface area contributed by atoms with Crippen molar-refractivity contribution in [2.45, 2.75) is 32.2 Å². The summed E-state index contributed by atoms with van der Waals surface area (Å²) in [6, 6.07) is 8.16. The van der Waals surface area contributed by atoms with Crippen molar-refractivity contribution in [2.75, 3.05) is 31.1 Å². The molecule has 1 saturated heterocycles. The molecule has 6 rings (SSSR count). The van der Waals surface area contributed by atoms with E-state index in [9.17, 15) is 0 Å². The highest BCUT2D eigenvalue weighted by atomic mass is 16.5. The molecule has 0 unspecified atom stereocenters. The molecule has 0 radical (unpaired) electrons. The van der Waals surface area contributed by atoms with Gasteiger partial charge in [-0.05, 0) is 19.8 Å². The van der Waals surface area contributed by atoms with E-state index in [4.69, 9.17) is 4.52 Å². The second-order valence-electron chi connectivity index (χ2n) is 8.42. The van der Waals surface area contributed by atoms with Gasteiger partial charge in [-0.1, -0.05) is 35.0 Å². The van der Waals surface area contributed by atoms with E-state index in [1.54, 1.807) is 0 Å². The Hall–Kier alpha value is -3.33. The van der Waals surface area contributed by atoms with E-state index in [2.05, 4.69) is 58.6 Å². The summed E-state index contributed by atoms with van der Waals surface area (Å²) in [5.74, 6) is 3.83. The fourth-order valence-corrected chi connectivity index (χ4v) is 4.12. The third kappa shape index (κ3) is 3.54. The van der Waals surface area contributed by atoms with Gasteiger partial charge in [0.1, 0.15) is 5.82 Å². The smallest absolute Gasteiger partial charge is 0.241 e. The topological polar surface area (TPSA) is 88.5 Å². The Balaban J connectivity index is 1.12. The zero-order valence-corrected chi connectivity index (χ0v) is 17.5. The quantitative estimate of drug-likeness (QED) is 0.491. The van der Waals surface area contributed by atoms with Crippen LogP contribution in [-0.4, -0.2) is 60.8 Å². The second-order valence-corrected chi connectivity index (χ2v) is 8.42. The van der Waals surface area contributed by atoms with Gasteiger partial charge in [0, 0.05) is 50.1 Å². The number of hydrogen-bond acceptors (Lipinski definition) is 8. The highest BCUT2D eigenvalue weighted by Gasteiger charge is 2.30. The molecule has 0 N–H and O–H groups in total. The Morgan fingerprint density at radius 3 is 2.61 bits per heavy atom. The number of rotatable bonds is 5. The molecular formula is C22H24N8O. The number of hydrogen-bond donors (Lipinski definition) is 0. The molecule has 0 amide bonds. The Bertz CT molecular complexity index is 1200. The Morgan fingerprint density at radius 1 is 1.03 bits per heavy atom. The normalized spacial score (nSPS) is 17.5. The number of piperazine rings is 1. The highest BCUT2D eigenvalue weighted by molar-refractivity contribution is 5.64. The molecule has 1 saturated carbocycles.